The largest absolute Gasteiger partial charge is 0.376 e. The van der Waals surface area contributed by atoms with Crippen LogP contribution in [0.1, 0.15) is 32.1 Å². The van der Waals surface area contributed by atoms with Crippen molar-refractivity contribution in [1.82, 2.24) is 15.1 Å². The van der Waals surface area contributed by atoms with Gasteiger partial charge < -0.3 is 20.6 Å². The summed E-state index contributed by atoms with van der Waals surface area (Å²) in [5.41, 5.74) is 0.796. The lowest BCUT2D eigenvalue weighted by Gasteiger charge is -2.32. The highest BCUT2D eigenvalue weighted by atomic mass is 35.5. The fraction of sp³-hybridized carbons (Fsp3) is 0.579. The molecule has 1 amide bonds. The van der Waals surface area contributed by atoms with Crippen molar-refractivity contribution in [3.8, 4) is 0 Å². The van der Waals surface area contributed by atoms with E-state index in [4.69, 9.17) is 23.8 Å². The molecule has 148 valence electrons. The molecular formula is C19H27ClN4O2S. The number of hydrogen-bond donors (Lipinski definition) is 3. The summed E-state index contributed by atoms with van der Waals surface area (Å²) < 4.78 is 0. The van der Waals surface area contributed by atoms with E-state index in [0.717, 1.165) is 50.9 Å². The van der Waals surface area contributed by atoms with Crippen LogP contribution in [0.2, 0.25) is 5.02 Å². The van der Waals surface area contributed by atoms with E-state index in [2.05, 4.69) is 10.6 Å². The maximum Gasteiger partial charge on any atom is 0.236 e. The molecule has 1 unspecified atom stereocenters. The van der Waals surface area contributed by atoms with Gasteiger partial charge in [0.15, 0.2) is 5.11 Å². The van der Waals surface area contributed by atoms with Crippen molar-refractivity contribution in [1.29, 1.82) is 0 Å². The number of rotatable bonds is 4. The van der Waals surface area contributed by atoms with Gasteiger partial charge in [0.05, 0.1) is 12.6 Å². The van der Waals surface area contributed by atoms with Crippen molar-refractivity contribution in [3.05, 3.63) is 29.3 Å². The molecule has 2 atom stereocenters. The number of amides is 1. The Bertz CT molecular complexity index is 669. The smallest absolute Gasteiger partial charge is 0.236 e. The van der Waals surface area contributed by atoms with Crippen molar-refractivity contribution in [3.63, 3.8) is 0 Å². The van der Waals surface area contributed by atoms with Gasteiger partial charge in [0.2, 0.25) is 5.91 Å². The van der Waals surface area contributed by atoms with E-state index in [0.29, 0.717) is 16.7 Å². The number of hydrogen-bond acceptors (Lipinski definition) is 4. The Morgan fingerprint density at radius 2 is 1.96 bits per heavy atom. The van der Waals surface area contributed by atoms with Gasteiger partial charge in [-0.05, 0) is 62.5 Å². The zero-order chi connectivity index (χ0) is 19.2. The highest BCUT2D eigenvalue weighted by Gasteiger charge is 2.31. The lowest BCUT2D eigenvalue weighted by atomic mass is 10.1. The van der Waals surface area contributed by atoms with Crippen LogP contribution >= 0.6 is 23.8 Å². The number of benzene rings is 1. The predicted molar refractivity (Wildman–Crippen MR) is 112 cm³/mol. The molecule has 1 aromatic rings. The summed E-state index contributed by atoms with van der Waals surface area (Å²) in [6.07, 6.45) is 4.12. The first-order valence-corrected chi connectivity index (χ1v) is 10.3. The fourth-order valence-electron chi connectivity index (χ4n) is 3.68. The molecule has 3 rings (SSSR count). The number of nitrogens with zero attached hydrogens (tertiary/aromatic N) is 2. The molecule has 6 nitrogen and oxygen atoms in total. The van der Waals surface area contributed by atoms with Crippen LogP contribution in [0.5, 0.6) is 0 Å². The van der Waals surface area contributed by atoms with Crippen LogP contribution < -0.4 is 10.6 Å². The standard InChI is InChI=1S/C19H27ClN4O2S/c20-14-6-5-7-15(12-14)21-19(27)22-16-8-1-2-11-24(18(16)26)13-17(25)23-9-3-4-10-23/h5-7,12,16,18,26H,1-4,8-11,13H2,(H2,21,22,27)/t16-,18?/m0/s1. The molecule has 0 aromatic heterocycles. The van der Waals surface area contributed by atoms with E-state index < -0.39 is 6.23 Å². The van der Waals surface area contributed by atoms with E-state index in [1.54, 1.807) is 12.1 Å². The summed E-state index contributed by atoms with van der Waals surface area (Å²) in [4.78, 5) is 16.2. The maximum absolute atomic E-state index is 12.5. The van der Waals surface area contributed by atoms with Crippen LogP contribution in [-0.2, 0) is 4.79 Å². The summed E-state index contributed by atoms with van der Waals surface area (Å²) in [5, 5.41) is 18.2. The topological polar surface area (TPSA) is 67.8 Å². The van der Waals surface area contributed by atoms with E-state index in [-0.39, 0.29) is 18.5 Å². The molecule has 0 spiro atoms. The number of carbonyl (C=O) groups excluding carboxylic acids is 1. The van der Waals surface area contributed by atoms with Gasteiger partial charge in [-0.2, -0.15) is 0 Å². The first kappa shape index (κ1) is 20.3. The zero-order valence-electron chi connectivity index (χ0n) is 15.4. The average Bonchev–Trinajstić information content (AvgIpc) is 3.12. The van der Waals surface area contributed by atoms with Gasteiger partial charge in [0.25, 0.3) is 0 Å². The van der Waals surface area contributed by atoms with Crippen molar-refractivity contribution in [2.45, 2.75) is 44.4 Å². The van der Waals surface area contributed by atoms with E-state index >= 15 is 0 Å². The Labute approximate surface area is 170 Å². The third-order valence-electron chi connectivity index (χ3n) is 5.14. The number of aliphatic hydroxyl groups excluding tert-OH is 1. The third kappa shape index (κ3) is 5.78. The lowest BCUT2D eigenvalue weighted by molar-refractivity contribution is -0.134. The average molecular weight is 411 g/mol. The van der Waals surface area contributed by atoms with Crippen molar-refractivity contribution < 1.29 is 9.90 Å². The Morgan fingerprint density at radius 3 is 2.70 bits per heavy atom. The second-order valence-electron chi connectivity index (χ2n) is 7.18. The molecular weight excluding hydrogens is 384 g/mol. The van der Waals surface area contributed by atoms with Crippen LogP contribution in [0.25, 0.3) is 0 Å². The molecule has 2 aliphatic rings. The Morgan fingerprint density at radius 1 is 1.22 bits per heavy atom. The maximum atomic E-state index is 12.5. The van der Waals surface area contributed by atoms with E-state index in [1.807, 2.05) is 21.9 Å². The summed E-state index contributed by atoms with van der Waals surface area (Å²) in [5.74, 6) is 0.104. The summed E-state index contributed by atoms with van der Waals surface area (Å²) in [6.45, 7) is 2.64. The second kappa shape index (κ2) is 9.68. The fourth-order valence-corrected chi connectivity index (χ4v) is 4.14. The van der Waals surface area contributed by atoms with Crippen molar-refractivity contribution in [2.24, 2.45) is 0 Å². The minimum atomic E-state index is -0.752. The molecule has 2 heterocycles. The summed E-state index contributed by atoms with van der Waals surface area (Å²) in [7, 11) is 0. The highest BCUT2D eigenvalue weighted by Crippen LogP contribution is 2.18. The van der Waals surface area contributed by atoms with Crippen molar-refractivity contribution >= 4 is 40.5 Å². The van der Waals surface area contributed by atoms with E-state index in [9.17, 15) is 9.90 Å². The molecule has 1 aromatic carbocycles. The van der Waals surface area contributed by atoms with Crippen LogP contribution in [0.15, 0.2) is 24.3 Å². The Hall–Kier alpha value is -1.41. The molecule has 2 aliphatic heterocycles. The summed E-state index contributed by atoms with van der Waals surface area (Å²) in [6, 6.07) is 7.09. The molecule has 2 fully saturated rings. The van der Waals surface area contributed by atoms with Gasteiger partial charge in [-0.3, -0.25) is 9.69 Å². The summed E-state index contributed by atoms with van der Waals surface area (Å²) >= 11 is 11.4. The van der Waals surface area contributed by atoms with Crippen molar-refractivity contribution in [2.75, 3.05) is 31.5 Å². The minimum Gasteiger partial charge on any atom is -0.376 e. The number of halogens is 1. The number of aliphatic hydroxyl groups is 1. The van der Waals surface area contributed by atoms with E-state index in [1.165, 1.54) is 0 Å². The number of carbonyl (C=O) groups is 1. The molecule has 0 saturated carbocycles. The minimum absolute atomic E-state index is 0.104. The van der Waals surface area contributed by atoms with Gasteiger partial charge in [-0.15, -0.1) is 0 Å². The van der Waals surface area contributed by atoms with Gasteiger partial charge in [0, 0.05) is 30.3 Å². The van der Waals surface area contributed by atoms with Crippen LogP contribution in [0.4, 0.5) is 5.69 Å². The first-order valence-electron chi connectivity index (χ1n) is 9.56. The van der Waals surface area contributed by atoms with Crippen LogP contribution in [0, 0.1) is 0 Å². The molecule has 0 aliphatic carbocycles. The number of anilines is 1. The van der Waals surface area contributed by atoms with Gasteiger partial charge in [0.1, 0.15) is 6.23 Å². The van der Waals surface area contributed by atoms with Gasteiger partial charge in [-0.25, -0.2) is 0 Å². The van der Waals surface area contributed by atoms with Gasteiger partial charge in [-0.1, -0.05) is 17.7 Å². The predicted octanol–water partition coefficient (Wildman–Crippen LogP) is 2.42. The molecule has 27 heavy (non-hydrogen) atoms. The Kier molecular flexibility index (Phi) is 7.29. The van der Waals surface area contributed by atoms with Gasteiger partial charge >= 0.3 is 0 Å². The quantitative estimate of drug-likeness (QED) is 0.662. The number of nitrogens with one attached hydrogen (secondary N) is 2. The molecule has 0 radical (unpaired) electrons. The molecule has 3 N–H and O–H groups in total. The Balaban J connectivity index is 1.57. The number of thiocarbonyl (C=S) groups is 1. The van der Waals surface area contributed by atoms with Crippen LogP contribution in [0.3, 0.4) is 0 Å². The van der Waals surface area contributed by atoms with Crippen LogP contribution in [-0.4, -0.2) is 64.4 Å². The third-order valence-corrected chi connectivity index (χ3v) is 5.60. The number of likely N-dealkylation sites (tertiary alicyclic amines) is 2. The highest BCUT2D eigenvalue weighted by molar-refractivity contribution is 7.80. The first-order chi connectivity index (χ1) is 13.0. The molecule has 0 bridgehead atoms. The SMILES string of the molecule is O=C(CN1CCCC[C@H](NC(=S)Nc2cccc(Cl)c2)C1O)N1CCCC1. The molecule has 8 heteroatoms. The second-order valence-corrected chi connectivity index (χ2v) is 8.03. The lowest BCUT2D eigenvalue weighted by Crippen LogP contribution is -2.53. The monoisotopic (exact) mass is 410 g/mol. The zero-order valence-corrected chi connectivity index (χ0v) is 16.9. The molecule has 2 saturated heterocycles. The normalized spacial score (nSPS) is 23.7.